The Hall–Kier alpha value is -0.823. The summed E-state index contributed by atoms with van der Waals surface area (Å²) in [5, 5.41) is 0.428. The standard InChI is InChI=1S/C15H24F2O3Si/c1-10(2)18-21(19-11(3)4,20-12(5)6)13-7-8-14(16)15(17)9-13/h7-12H,1-6H3. The molecule has 0 bridgehead atoms. The Kier molecular flexibility index (Phi) is 6.46. The Morgan fingerprint density at radius 2 is 1.19 bits per heavy atom. The summed E-state index contributed by atoms with van der Waals surface area (Å²) >= 11 is 0. The van der Waals surface area contributed by atoms with Crippen molar-refractivity contribution in [2.24, 2.45) is 0 Å². The van der Waals surface area contributed by atoms with Gasteiger partial charge in [0.1, 0.15) is 0 Å². The predicted octanol–water partition coefficient (Wildman–Crippen LogP) is 3.39. The first-order valence-electron chi connectivity index (χ1n) is 7.15. The van der Waals surface area contributed by atoms with Crippen molar-refractivity contribution in [2.75, 3.05) is 0 Å². The van der Waals surface area contributed by atoms with Crippen LogP contribution in [-0.2, 0) is 13.3 Å². The molecule has 0 fully saturated rings. The molecular weight excluding hydrogens is 294 g/mol. The van der Waals surface area contributed by atoms with Crippen LogP contribution >= 0.6 is 0 Å². The van der Waals surface area contributed by atoms with Gasteiger partial charge < -0.3 is 13.3 Å². The molecule has 0 aliphatic rings. The van der Waals surface area contributed by atoms with Crippen molar-refractivity contribution in [1.29, 1.82) is 0 Å². The number of hydrogen-bond acceptors (Lipinski definition) is 3. The lowest BCUT2D eigenvalue weighted by molar-refractivity contribution is 0.0153. The molecule has 0 saturated heterocycles. The Labute approximate surface area is 126 Å². The second-order valence-electron chi connectivity index (χ2n) is 5.68. The topological polar surface area (TPSA) is 27.7 Å². The first-order chi connectivity index (χ1) is 9.66. The summed E-state index contributed by atoms with van der Waals surface area (Å²) in [5.74, 6) is -1.84. The minimum absolute atomic E-state index is 0.165. The third kappa shape index (κ3) is 5.14. The molecule has 0 radical (unpaired) electrons. The Balaban J connectivity index is 3.32. The van der Waals surface area contributed by atoms with Gasteiger partial charge in [-0.15, -0.1) is 0 Å². The summed E-state index contributed by atoms with van der Waals surface area (Å²) < 4.78 is 44.6. The van der Waals surface area contributed by atoms with Crippen LogP contribution in [0.2, 0.25) is 0 Å². The maximum absolute atomic E-state index is 13.6. The SMILES string of the molecule is CC(C)O[Si](OC(C)C)(OC(C)C)c1ccc(F)c(F)c1. The van der Waals surface area contributed by atoms with Gasteiger partial charge in [-0.3, -0.25) is 0 Å². The quantitative estimate of drug-likeness (QED) is 0.721. The van der Waals surface area contributed by atoms with Crippen LogP contribution in [0.1, 0.15) is 41.5 Å². The molecule has 21 heavy (non-hydrogen) atoms. The summed E-state index contributed by atoms with van der Waals surface area (Å²) in [6, 6.07) is 3.65. The normalized spacial score (nSPS) is 12.7. The van der Waals surface area contributed by atoms with E-state index in [1.807, 2.05) is 41.5 Å². The highest BCUT2D eigenvalue weighted by molar-refractivity contribution is 6.75. The first-order valence-corrected chi connectivity index (χ1v) is 8.87. The lowest BCUT2D eigenvalue weighted by atomic mass is 10.3. The van der Waals surface area contributed by atoms with Crippen LogP contribution in [0.4, 0.5) is 8.78 Å². The molecule has 0 saturated carbocycles. The fourth-order valence-corrected chi connectivity index (χ4v) is 4.93. The molecule has 1 aromatic carbocycles. The van der Waals surface area contributed by atoms with Gasteiger partial charge in [-0.25, -0.2) is 8.78 Å². The Morgan fingerprint density at radius 1 is 0.762 bits per heavy atom. The molecule has 0 amide bonds. The first kappa shape index (κ1) is 18.2. The van der Waals surface area contributed by atoms with Crippen LogP contribution in [-0.4, -0.2) is 27.1 Å². The van der Waals surface area contributed by atoms with E-state index in [-0.39, 0.29) is 18.3 Å². The van der Waals surface area contributed by atoms with Gasteiger partial charge in [-0.2, -0.15) is 0 Å². The lowest BCUT2D eigenvalue weighted by Crippen LogP contribution is -2.60. The minimum Gasteiger partial charge on any atom is -0.367 e. The minimum atomic E-state index is -3.32. The Morgan fingerprint density at radius 3 is 1.52 bits per heavy atom. The molecule has 1 rings (SSSR count). The number of halogens is 2. The number of rotatable bonds is 7. The molecule has 0 aliphatic heterocycles. The van der Waals surface area contributed by atoms with E-state index in [9.17, 15) is 8.78 Å². The molecule has 0 heterocycles. The molecule has 0 spiro atoms. The second-order valence-corrected chi connectivity index (χ2v) is 8.08. The van der Waals surface area contributed by atoms with Gasteiger partial charge in [-0.1, -0.05) is 6.07 Å². The van der Waals surface area contributed by atoms with Crippen molar-refractivity contribution in [3.05, 3.63) is 29.8 Å². The third-order valence-electron chi connectivity index (χ3n) is 2.45. The summed E-state index contributed by atoms with van der Waals surface area (Å²) in [6.45, 7) is 11.1. The van der Waals surface area contributed by atoms with Gasteiger partial charge in [0.05, 0.1) is 0 Å². The molecule has 0 N–H and O–H groups in total. The van der Waals surface area contributed by atoms with Crippen LogP contribution in [0.15, 0.2) is 18.2 Å². The molecule has 3 nitrogen and oxygen atoms in total. The molecular formula is C15H24F2O3Si. The summed E-state index contributed by atoms with van der Waals surface area (Å²) in [4.78, 5) is 0. The van der Waals surface area contributed by atoms with Gasteiger partial charge in [0.25, 0.3) is 0 Å². The molecule has 0 atom stereocenters. The predicted molar refractivity (Wildman–Crippen MR) is 80.4 cm³/mol. The highest BCUT2D eigenvalue weighted by Crippen LogP contribution is 2.19. The van der Waals surface area contributed by atoms with E-state index in [1.54, 1.807) is 0 Å². The maximum Gasteiger partial charge on any atom is 0.537 e. The van der Waals surface area contributed by atoms with Crippen LogP contribution in [0.25, 0.3) is 0 Å². The highest BCUT2D eigenvalue weighted by atomic mass is 28.4. The zero-order valence-electron chi connectivity index (χ0n) is 13.4. The van der Waals surface area contributed by atoms with Crippen LogP contribution in [0, 0.1) is 11.6 Å². The van der Waals surface area contributed by atoms with E-state index in [0.717, 1.165) is 12.1 Å². The van der Waals surface area contributed by atoms with Gasteiger partial charge in [-0.05, 0) is 53.7 Å². The second kappa shape index (κ2) is 7.44. The van der Waals surface area contributed by atoms with Crippen molar-refractivity contribution in [2.45, 2.75) is 59.9 Å². The van der Waals surface area contributed by atoms with Crippen molar-refractivity contribution in [3.63, 3.8) is 0 Å². The van der Waals surface area contributed by atoms with Gasteiger partial charge >= 0.3 is 8.80 Å². The van der Waals surface area contributed by atoms with Crippen LogP contribution in [0.3, 0.4) is 0 Å². The average molecular weight is 318 g/mol. The monoisotopic (exact) mass is 318 g/mol. The number of benzene rings is 1. The lowest BCUT2D eigenvalue weighted by Gasteiger charge is -2.34. The maximum atomic E-state index is 13.6. The van der Waals surface area contributed by atoms with Gasteiger partial charge in [0, 0.05) is 23.5 Å². The molecule has 0 unspecified atom stereocenters. The van der Waals surface area contributed by atoms with Crippen molar-refractivity contribution >= 4 is 14.0 Å². The number of hydrogen-bond donors (Lipinski definition) is 0. The molecule has 0 aliphatic carbocycles. The smallest absolute Gasteiger partial charge is 0.367 e. The van der Waals surface area contributed by atoms with Gasteiger partial charge in [0.2, 0.25) is 0 Å². The van der Waals surface area contributed by atoms with Crippen LogP contribution < -0.4 is 5.19 Å². The van der Waals surface area contributed by atoms with Crippen LogP contribution in [0.5, 0.6) is 0 Å². The summed E-state index contributed by atoms with van der Waals surface area (Å²) in [6.07, 6.45) is -0.494. The van der Waals surface area contributed by atoms with E-state index >= 15 is 0 Å². The third-order valence-corrected chi connectivity index (χ3v) is 5.81. The Bertz CT molecular complexity index is 438. The average Bonchev–Trinajstić information content (AvgIpc) is 2.29. The van der Waals surface area contributed by atoms with E-state index in [1.165, 1.54) is 6.07 Å². The zero-order valence-corrected chi connectivity index (χ0v) is 14.4. The van der Waals surface area contributed by atoms with E-state index < -0.39 is 20.4 Å². The van der Waals surface area contributed by atoms with Crippen molar-refractivity contribution < 1.29 is 22.1 Å². The largest absolute Gasteiger partial charge is 0.537 e. The van der Waals surface area contributed by atoms with E-state index in [4.69, 9.17) is 13.3 Å². The fourth-order valence-electron chi connectivity index (χ4n) is 1.90. The molecule has 120 valence electrons. The zero-order chi connectivity index (χ0) is 16.2. The molecule has 6 heteroatoms. The van der Waals surface area contributed by atoms with E-state index in [0.29, 0.717) is 5.19 Å². The van der Waals surface area contributed by atoms with E-state index in [2.05, 4.69) is 0 Å². The van der Waals surface area contributed by atoms with Crippen molar-refractivity contribution in [3.8, 4) is 0 Å². The molecule has 0 aromatic heterocycles. The fraction of sp³-hybridized carbons (Fsp3) is 0.600. The molecule has 1 aromatic rings. The van der Waals surface area contributed by atoms with Gasteiger partial charge in [0.15, 0.2) is 11.6 Å². The highest BCUT2D eigenvalue weighted by Gasteiger charge is 2.47. The summed E-state index contributed by atoms with van der Waals surface area (Å²) in [5.41, 5.74) is 0. The van der Waals surface area contributed by atoms with Crippen molar-refractivity contribution in [1.82, 2.24) is 0 Å². The summed E-state index contributed by atoms with van der Waals surface area (Å²) in [7, 11) is -3.32.